The van der Waals surface area contributed by atoms with Crippen LogP contribution in [0.15, 0.2) is 23.2 Å². The molecule has 0 atom stereocenters. The predicted octanol–water partition coefficient (Wildman–Crippen LogP) is 2.91. The Hall–Kier alpha value is -1.43. The van der Waals surface area contributed by atoms with E-state index in [9.17, 15) is 13.2 Å². The number of ether oxygens (including phenoxy) is 2. The first kappa shape index (κ1) is 26.6. The summed E-state index contributed by atoms with van der Waals surface area (Å²) >= 11 is 0. The maximum absolute atomic E-state index is 12.3. The van der Waals surface area contributed by atoms with Gasteiger partial charge in [-0.05, 0) is 38.1 Å². The normalized spacial score (nSPS) is 11.8. The van der Waals surface area contributed by atoms with Gasteiger partial charge >= 0.3 is 6.18 Å². The predicted molar refractivity (Wildman–Crippen MR) is 116 cm³/mol. The summed E-state index contributed by atoms with van der Waals surface area (Å²) < 4.78 is 47.5. The van der Waals surface area contributed by atoms with Crippen molar-refractivity contribution in [1.82, 2.24) is 15.5 Å². The van der Waals surface area contributed by atoms with Gasteiger partial charge in [0.15, 0.2) is 17.5 Å². The lowest BCUT2D eigenvalue weighted by Gasteiger charge is -2.18. The molecule has 0 fully saturated rings. The number of hydrogen-bond acceptors (Lipinski definition) is 4. The summed E-state index contributed by atoms with van der Waals surface area (Å²) in [7, 11) is 4.61. The molecule has 0 heterocycles. The standard InChI is InChI=1S/C18H29F3N4O2.HI/c1-5-22-17(24-10-11-25(2)13-18(19,20)21)23-9-8-14-6-7-15(26-3)16(12-14)27-4;/h6-7,12H,5,8-11,13H2,1-4H3,(H2,22,23,24);1H. The fraction of sp³-hybridized carbons (Fsp3) is 0.611. The zero-order valence-corrected chi connectivity index (χ0v) is 19.1. The molecule has 0 saturated carbocycles. The molecule has 0 bridgehead atoms. The molecule has 1 rings (SSSR count). The Morgan fingerprint density at radius 2 is 1.82 bits per heavy atom. The number of guanidine groups is 1. The number of alkyl halides is 3. The third-order valence-electron chi connectivity index (χ3n) is 3.70. The molecule has 28 heavy (non-hydrogen) atoms. The van der Waals surface area contributed by atoms with Gasteiger partial charge in [-0.2, -0.15) is 13.2 Å². The van der Waals surface area contributed by atoms with Crippen LogP contribution in [0.2, 0.25) is 0 Å². The van der Waals surface area contributed by atoms with E-state index in [4.69, 9.17) is 9.47 Å². The van der Waals surface area contributed by atoms with Crippen LogP contribution in [0.1, 0.15) is 12.5 Å². The number of likely N-dealkylation sites (N-methyl/N-ethyl adjacent to an activating group) is 1. The quantitative estimate of drug-likeness (QED) is 0.284. The summed E-state index contributed by atoms with van der Waals surface area (Å²) in [6.45, 7) is 2.79. The molecule has 162 valence electrons. The Labute approximate surface area is 181 Å². The molecule has 6 nitrogen and oxygen atoms in total. The highest BCUT2D eigenvalue weighted by atomic mass is 127. The SMILES string of the molecule is CCNC(=NCCN(C)CC(F)(F)F)NCCc1ccc(OC)c(OC)c1.I. The zero-order valence-electron chi connectivity index (χ0n) is 16.7. The van der Waals surface area contributed by atoms with Crippen molar-refractivity contribution in [3.05, 3.63) is 23.8 Å². The first-order valence-electron chi connectivity index (χ1n) is 8.77. The molecule has 0 saturated heterocycles. The third-order valence-corrected chi connectivity index (χ3v) is 3.70. The van der Waals surface area contributed by atoms with Crippen molar-refractivity contribution in [2.45, 2.75) is 19.5 Å². The van der Waals surface area contributed by atoms with Gasteiger partial charge in [-0.3, -0.25) is 9.89 Å². The van der Waals surface area contributed by atoms with E-state index in [1.54, 1.807) is 14.2 Å². The third kappa shape index (κ3) is 10.8. The Morgan fingerprint density at radius 3 is 2.39 bits per heavy atom. The molecule has 0 radical (unpaired) electrons. The minimum absolute atomic E-state index is 0. The van der Waals surface area contributed by atoms with Crippen LogP contribution in [-0.2, 0) is 6.42 Å². The van der Waals surface area contributed by atoms with E-state index in [0.717, 1.165) is 12.0 Å². The Bertz CT molecular complexity index is 601. The lowest BCUT2D eigenvalue weighted by atomic mass is 10.1. The number of rotatable bonds is 10. The molecule has 0 unspecified atom stereocenters. The highest BCUT2D eigenvalue weighted by Gasteiger charge is 2.28. The molecular weight excluding hydrogens is 488 g/mol. The van der Waals surface area contributed by atoms with E-state index in [2.05, 4.69) is 15.6 Å². The average Bonchev–Trinajstić information content (AvgIpc) is 2.60. The van der Waals surface area contributed by atoms with Gasteiger partial charge in [0, 0.05) is 19.6 Å². The van der Waals surface area contributed by atoms with Crippen LogP contribution in [0.3, 0.4) is 0 Å². The maximum Gasteiger partial charge on any atom is 0.401 e. The van der Waals surface area contributed by atoms with Gasteiger partial charge < -0.3 is 20.1 Å². The van der Waals surface area contributed by atoms with Crippen LogP contribution < -0.4 is 20.1 Å². The topological polar surface area (TPSA) is 58.1 Å². The molecule has 10 heteroatoms. The van der Waals surface area contributed by atoms with Gasteiger partial charge in [-0.25, -0.2) is 0 Å². The summed E-state index contributed by atoms with van der Waals surface area (Å²) in [5, 5.41) is 6.27. The van der Waals surface area contributed by atoms with Crippen molar-refractivity contribution in [2.75, 3.05) is 54.0 Å². The molecule has 1 aromatic carbocycles. The van der Waals surface area contributed by atoms with Gasteiger partial charge in [0.05, 0.1) is 27.3 Å². The summed E-state index contributed by atoms with van der Waals surface area (Å²) in [6.07, 6.45) is -3.46. The lowest BCUT2D eigenvalue weighted by Crippen LogP contribution is -2.39. The Morgan fingerprint density at radius 1 is 1.14 bits per heavy atom. The highest BCUT2D eigenvalue weighted by Crippen LogP contribution is 2.27. The van der Waals surface area contributed by atoms with Gasteiger partial charge in [-0.15, -0.1) is 24.0 Å². The second kappa shape index (κ2) is 13.7. The zero-order chi connectivity index (χ0) is 20.3. The molecule has 0 aromatic heterocycles. The number of benzene rings is 1. The summed E-state index contributed by atoms with van der Waals surface area (Å²) in [5.41, 5.74) is 1.07. The first-order valence-corrected chi connectivity index (χ1v) is 8.77. The monoisotopic (exact) mass is 518 g/mol. The number of methoxy groups -OCH3 is 2. The van der Waals surface area contributed by atoms with Crippen molar-refractivity contribution in [2.24, 2.45) is 4.99 Å². The van der Waals surface area contributed by atoms with Crippen molar-refractivity contribution < 1.29 is 22.6 Å². The second-order valence-corrected chi connectivity index (χ2v) is 5.98. The number of nitrogens with zero attached hydrogens (tertiary/aromatic N) is 2. The van der Waals surface area contributed by atoms with Crippen LogP contribution >= 0.6 is 24.0 Å². The summed E-state index contributed by atoms with van der Waals surface area (Å²) in [4.78, 5) is 5.52. The second-order valence-electron chi connectivity index (χ2n) is 5.98. The van der Waals surface area contributed by atoms with Crippen LogP contribution in [0.5, 0.6) is 11.5 Å². The summed E-state index contributed by atoms with van der Waals surface area (Å²) in [5.74, 6) is 1.92. The Kier molecular flexibility index (Phi) is 13.0. The molecule has 0 aliphatic carbocycles. The lowest BCUT2D eigenvalue weighted by molar-refractivity contribution is -0.142. The molecule has 1 aromatic rings. The van der Waals surface area contributed by atoms with Gasteiger partial charge in [-0.1, -0.05) is 6.07 Å². The van der Waals surface area contributed by atoms with E-state index in [0.29, 0.717) is 30.5 Å². The maximum atomic E-state index is 12.3. The average molecular weight is 518 g/mol. The highest BCUT2D eigenvalue weighted by molar-refractivity contribution is 14.0. The van der Waals surface area contributed by atoms with E-state index < -0.39 is 12.7 Å². The number of aliphatic imine (C=N–C) groups is 1. The first-order chi connectivity index (χ1) is 12.8. The van der Waals surface area contributed by atoms with Crippen LogP contribution in [-0.4, -0.2) is 71.0 Å². The van der Waals surface area contributed by atoms with E-state index in [1.165, 1.54) is 11.9 Å². The molecular formula is C18H30F3IN4O2. The van der Waals surface area contributed by atoms with Crippen LogP contribution in [0.4, 0.5) is 13.2 Å². The fourth-order valence-electron chi connectivity index (χ4n) is 2.42. The van der Waals surface area contributed by atoms with E-state index in [-0.39, 0.29) is 37.1 Å². The molecule has 0 aliphatic rings. The van der Waals surface area contributed by atoms with Crippen molar-refractivity contribution in [1.29, 1.82) is 0 Å². The van der Waals surface area contributed by atoms with Crippen LogP contribution in [0.25, 0.3) is 0 Å². The van der Waals surface area contributed by atoms with Crippen molar-refractivity contribution in [3.63, 3.8) is 0 Å². The van der Waals surface area contributed by atoms with Crippen LogP contribution in [0, 0.1) is 0 Å². The van der Waals surface area contributed by atoms with Crippen molar-refractivity contribution >= 4 is 29.9 Å². The van der Waals surface area contributed by atoms with Gasteiger partial charge in [0.25, 0.3) is 0 Å². The number of nitrogens with one attached hydrogen (secondary N) is 2. The fourth-order valence-corrected chi connectivity index (χ4v) is 2.42. The number of hydrogen-bond donors (Lipinski definition) is 2. The smallest absolute Gasteiger partial charge is 0.401 e. The minimum Gasteiger partial charge on any atom is -0.493 e. The summed E-state index contributed by atoms with van der Waals surface area (Å²) in [6, 6.07) is 5.72. The largest absolute Gasteiger partial charge is 0.493 e. The van der Waals surface area contributed by atoms with E-state index in [1.807, 2.05) is 25.1 Å². The minimum atomic E-state index is -4.19. The molecule has 0 aliphatic heterocycles. The van der Waals surface area contributed by atoms with Gasteiger partial charge in [0.1, 0.15) is 0 Å². The molecule has 2 N–H and O–H groups in total. The van der Waals surface area contributed by atoms with Gasteiger partial charge in [0.2, 0.25) is 0 Å². The Balaban J connectivity index is 0.00000729. The number of halogens is 4. The van der Waals surface area contributed by atoms with Crippen molar-refractivity contribution in [3.8, 4) is 11.5 Å². The van der Waals surface area contributed by atoms with E-state index >= 15 is 0 Å². The molecule has 0 amide bonds. The molecule has 0 spiro atoms.